The normalized spacial score (nSPS) is 30.2. The Bertz CT molecular complexity index is 147. The summed E-state index contributed by atoms with van der Waals surface area (Å²) in [4.78, 5) is 0. The average molecular weight is 199 g/mol. The number of ether oxygens (including phenoxy) is 1. The summed E-state index contributed by atoms with van der Waals surface area (Å²) >= 11 is 0. The van der Waals surface area contributed by atoms with Crippen molar-refractivity contribution in [3.05, 3.63) is 0 Å². The van der Waals surface area contributed by atoms with Crippen LogP contribution < -0.4 is 5.32 Å². The van der Waals surface area contributed by atoms with E-state index in [2.05, 4.69) is 26.1 Å². The van der Waals surface area contributed by atoms with Crippen LogP contribution in [0.2, 0.25) is 0 Å². The molecule has 1 aliphatic rings. The second-order valence-electron chi connectivity index (χ2n) is 4.48. The van der Waals surface area contributed by atoms with Crippen molar-refractivity contribution in [2.45, 2.75) is 71.1 Å². The van der Waals surface area contributed by atoms with Crippen molar-refractivity contribution in [2.75, 3.05) is 6.61 Å². The Morgan fingerprint density at radius 3 is 2.86 bits per heavy atom. The van der Waals surface area contributed by atoms with E-state index in [1.54, 1.807) is 0 Å². The number of hydrogen-bond donors (Lipinski definition) is 1. The number of nitrogens with one attached hydrogen (secondary N) is 1. The SMILES string of the molecule is CCCC1CC(NC(C)CC)CCO1. The highest BCUT2D eigenvalue weighted by molar-refractivity contribution is 4.78. The van der Waals surface area contributed by atoms with Crippen LogP contribution in [-0.4, -0.2) is 24.8 Å². The maximum Gasteiger partial charge on any atom is 0.0589 e. The number of hydrogen-bond acceptors (Lipinski definition) is 2. The fraction of sp³-hybridized carbons (Fsp3) is 1.00. The van der Waals surface area contributed by atoms with Crippen LogP contribution in [0.1, 0.15) is 52.9 Å². The largest absolute Gasteiger partial charge is 0.378 e. The Balaban J connectivity index is 2.25. The fourth-order valence-corrected chi connectivity index (χ4v) is 2.07. The first kappa shape index (κ1) is 12.0. The summed E-state index contributed by atoms with van der Waals surface area (Å²) in [6.07, 6.45) is 6.58. The zero-order valence-electron chi connectivity index (χ0n) is 9.88. The van der Waals surface area contributed by atoms with E-state index in [9.17, 15) is 0 Å². The van der Waals surface area contributed by atoms with Gasteiger partial charge in [-0.3, -0.25) is 0 Å². The third-order valence-electron chi connectivity index (χ3n) is 3.11. The van der Waals surface area contributed by atoms with Gasteiger partial charge in [0.15, 0.2) is 0 Å². The molecule has 84 valence electrons. The first-order valence-corrected chi connectivity index (χ1v) is 6.13. The second kappa shape index (κ2) is 6.41. The Kier molecular flexibility index (Phi) is 5.49. The molecule has 3 atom stereocenters. The van der Waals surface area contributed by atoms with Gasteiger partial charge in [-0.2, -0.15) is 0 Å². The average Bonchev–Trinajstić information content (AvgIpc) is 2.19. The Morgan fingerprint density at radius 2 is 2.21 bits per heavy atom. The van der Waals surface area contributed by atoms with Crippen LogP contribution in [-0.2, 0) is 4.74 Å². The van der Waals surface area contributed by atoms with Gasteiger partial charge >= 0.3 is 0 Å². The van der Waals surface area contributed by atoms with Gasteiger partial charge in [0.25, 0.3) is 0 Å². The molecular formula is C12H25NO. The Morgan fingerprint density at radius 1 is 1.43 bits per heavy atom. The van der Waals surface area contributed by atoms with E-state index in [1.165, 1.54) is 32.1 Å². The lowest BCUT2D eigenvalue weighted by molar-refractivity contribution is -0.00472. The quantitative estimate of drug-likeness (QED) is 0.735. The standard InChI is InChI=1S/C12H25NO/c1-4-6-12-9-11(7-8-14-12)13-10(3)5-2/h10-13H,4-9H2,1-3H3. The van der Waals surface area contributed by atoms with Crippen molar-refractivity contribution in [1.29, 1.82) is 0 Å². The summed E-state index contributed by atoms with van der Waals surface area (Å²) in [5.74, 6) is 0. The highest BCUT2D eigenvalue weighted by Gasteiger charge is 2.22. The third kappa shape index (κ3) is 3.97. The van der Waals surface area contributed by atoms with Crippen LogP contribution in [0.5, 0.6) is 0 Å². The highest BCUT2D eigenvalue weighted by Crippen LogP contribution is 2.18. The van der Waals surface area contributed by atoms with Crippen molar-refractivity contribution < 1.29 is 4.74 Å². The molecule has 0 saturated carbocycles. The van der Waals surface area contributed by atoms with Crippen LogP contribution in [0.25, 0.3) is 0 Å². The highest BCUT2D eigenvalue weighted by atomic mass is 16.5. The molecule has 0 aliphatic carbocycles. The smallest absolute Gasteiger partial charge is 0.0589 e. The van der Waals surface area contributed by atoms with E-state index in [-0.39, 0.29) is 0 Å². The van der Waals surface area contributed by atoms with Crippen molar-refractivity contribution in [2.24, 2.45) is 0 Å². The lowest BCUT2D eigenvalue weighted by Crippen LogP contribution is -2.42. The molecule has 0 amide bonds. The molecule has 2 nitrogen and oxygen atoms in total. The topological polar surface area (TPSA) is 21.3 Å². The van der Waals surface area contributed by atoms with Crippen LogP contribution in [0.4, 0.5) is 0 Å². The molecule has 1 heterocycles. The fourth-order valence-electron chi connectivity index (χ4n) is 2.07. The minimum atomic E-state index is 0.510. The van der Waals surface area contributed by atoms with E-state index < -0.39 is 0 Å². The predicted molar refractivity (Wildman–Crippen MR) is 60.6 cm³/mol. The van der Waals surface area contributed by atoms with Crippen molar-refractivity contribution in [3.63, 3.8) is 0 Å². The summed E-state index contributed by atoms with van der Waals surface area (Å²) in [5.41, 5.74) is 0. The second-order valence-corrected chi connectivity index (χ2v) is 4.48. The van der Waals surface area contributed by atoms with Crippen molar-refractivity contribution in [3.8, 4) is 0 Å². The van der Waals surface area contributed by atoms with E-state index in [4.69, 9.17) is 4.74 Å². The van der Waals surface area contributed by atoms with E-state index in [0.717, 1.165) is 6.61 Å². The van der Waals surface area contributed by atoms with E-state index >= 15 is 0 Å². The van der Waals surface area contributed by atoms with Gasteiger partial charge in [-0.25, -0.2) is 0 Å². The lowest BCUT2D eigenvalue weighted by atomic mass is 9.99. The van der Waals surface area contributed by atoms with E-state index in [0.29, 0.717) is 18.2 Å². The van der Waals surface area contributed by atoms with Crippen LogP contribution in [0, 0.1) is 0 Å². The van der Waals surface area contributed by atoms with Crippen LogP contribution in [0.3, 0.4) is 0 Å². The third-order valence-corrected chi connectivity index (χ3v) is 3.11. The molecule has 1 fully saturated rings. The molecule has 14 heavy (non-hydrogen) atoms. The molecule has 1 saturated heterocycles. The van der Waals surface area contributed by atoms with Gasteiger partial charge < -0.3 is 10.1 Å². The summed E-state index contributed by atoms with van der Waals surface area (Å²) in [5, 5.41) is 3.68. The van der Waals surface area contributed by atoms with Crippen LogP contribution in [0.15, 0.2) is 0 Å². The van der Waals surface area contributed by atoms with Gasteiger partial charge in [0, 0.05) is 18.7 Å². The molecule has 2 heteroatoms. The predicted octanol–water partition coefficient (Wildman–Crippen LogP) is 2.72. The molecule has 0 radical (unpaired) electrons. The first-order chi connectivity index (χ1) is 6.76. The molecule has 1 rings (SSSR count). The maximum absolute atomic E-state index is 5.72. The zero-order valence-corrected chi connectivity index (χ0v) is 9.88. The molecule has 0 bridgehead atoms. The molecule has 0 aromatic carbocycles. The van der Waals surface area contributed by atoms with E-state index in [1.807, 2.05) is 0 Å². The van der Waals surface area contributed by atoms with Crippen LogP contribution >= 0.6 is 0 Å². The van der Waals surface area contributed by atoms with Gasteiger partial charge in [0.2, 0.25) is 0 Å². The van der Waals surface area contributed by atoms with Gasteiger partial charge in [-0.1, -0.05) is 20.3 Å². The maximum atomic E-state index is 5.72. The first-order valence-electron chi connectivity index (χ1n) is 6.13. The molecule has 1 aliphatic heterocycles. The Hall–Kier alpha value is -0.0800. The summed E-state index contributed by atoms with van der Waals surface area (Å²) in [6.45, 7) is 7.68. The summed E-state index contributed by atoms with van der Waals surface area (Å²) < 4.78 is 5.72. The summed E-state index contributed by atoms with van der Waals surface area (Å²) in [7, 11) is 0. The monoisotopic (exact) mass is 199 g/mol. The molecule has 0 aromatic heterocycles. The molecule has 1 N–H and O–H groups in total. The zero-order chi connectivity index (χ0) is 10.4. The molecular weight excluding hydrogens is 174 g/mol. The van der Waals surface area contributed by atoms with Gasteiger partial charge in [-0.15, -0.1) is 0 Å². The molecule has 3 unspecified atom stereocenters. The lowest BCUT2D eigenvalue weighted by Gasteiger charge is -2.31. The van der Waals surface area contributed by atoms with Gasteiger partial charge in [-0.05, 0) is 32.6 Å². The Labute approximate surface area is 88.4 Å². The van der Waals surface area contributed by atoms with Gasteiger partial charge in [0.05, 0.1) is 6.10 Å². The summed E-state index contributed by atoms with van der Waals surface area (Å²) in [6, 6.07) is 1.34. The number of rotatable bonds is 5. The van der Waals surface area contributed by atoms with Crippen molar-refractivity contribution in [1.82, 2.24) is 5.32 Å². The molecule has 0 aromatic rings. The van der Waals surface area contributed by atoms with Crippen molar-refractivity contribution >= 4 is 0 Å². The minimum absolute atomic E-state index is 0.510. The van der Waals surface area contributed by atoms with Gasteiger partial charge in [0.1, 0.15) is 0 Å². The molecule has 0 spiro atoms. The minimum Gasteiger partial charge on any atom is -0.378 e.